The maximum atomic E-state index is 13.3. The molecule has 3 rings (SSSR count). The number of halogens is 2. The second-order valence-electron chi connectivity index (χ2n) is 6.05. The standard InChI is InChI=1S/C20H16F2N2O3S/c1-13-6-9-15(10-7-13)28(26,27)24-19-5-3-2-4-16(19)20(25)23-14-8-11-17(21)18(22)12-14/h2-12,24H,1H3,(H,23,25). The minimum atomic E-state index is -3.91. The summed E-state index contributed by atoms with van der Waals surface area (Å²) in [7, 11) is -3.91. The Kier molecular flexibility index (Phi) is 5.41. The predicted molar refractivity (Wildman–Crippen MR) is 103 cm³/mol. The molecule has 0 atom stereocenters. The molecule has 0 aliphatic heterocycles. The van der Waals surface area contributed by atoms with E-state index in [9.17, 15) is 22.0 Å². The number of carbonyl (C=O) groups is 1. The van der Waals surface area contributed by atoms with E-state index >= 15 is 0 Å². The van der Waals surface area contributed by atoms with Gasteiger partial charge in [0.1, 0.15) is 0 Å². The molecule has 0 aromatic heterocycles. The average Bonchev–Trinajstić information content (AvgIpc) is 2.65. The first-order valence-corrected chi connectivity index (χ1v) is 9.69. The Bertz CT molecular complexity index is 1130. The van der Waals surface area contributed by atoms with E-state index in [1.54, 1.807) is 24.3 Å². The highest BCUT2D eigenvalue weighted by molar-refractivity contribution is 7.92. The number of aryl methyl sites for hydroxylation is 1. The van der Waals surface area contributed by atoms with Crippen LogP contribution in [-0.4, -0.2) is 14.3 Å². The van der Waals surface area contributed by atoms with Crippen molar-refractivity contribution in [2.45, 2.75) is 11.8 Å². The second kappa shape index (κ2) is 7.77. The lowest BCUT2D eigenvalue weighted by molar-refractivity contribution is 0.102. The molecule has 5 nitrogen and oxygen atoms in total. The highest BCUT2D eigenvalue weighted by atomic mass is 32.2. The summed E-state index contributed by atoms with van der Waals surface area (Å²) < 4.78 is 53.9. The average molecular weight is 402 g/mol. The van der Waals surface area contributed by atoms with Crippen molar-refractivity contribution in [3.05, 3.63) is 89.5 Å². The molecule has 2 N–H and O–H groups in total. The summed E-state index contributed by atoms with van der Waals surface area (Å²) in [6.07, 6.45) is 0. The lowest BCUT2D eigenvalue weighted by Gasteiger charge is -2.13. The van der Waals surface area contributed by atoms with Crippen LogP contribution in [0, 0.1) is 18.6 Å². The number of rotatable bonds is 5. The molecule has 0 unspecified atom stereocenters. The van der Waals surface area contributed by atoms with Crippen LogP contribution in [0.2, 0.25) is 0 Å². The quantitative estimate of drug-likeness (QED) is 0.667. The van der Waals surface area contributed by atoms with Crippen molar-refractivity contribution in [2.24, 2.45) is 0 Å². The molecule has 3 aromatic carbocycles. The van der Waals surface area contributed by atoms with Gasteiger partial charge < -0.3 is 5.32 Å². The van der Waals surface area contributed by atoms with Crippen molar-refractivity contribution in [1.29, 1.82) is 0 Å². The van der Waals surface area contributed by atoms with Crippen LogP contribution in [0.1, 0.15) is 15.9 Å². The first kappa shape index (κ1) is 19.5. The van der Waals surface area contributed by atoms with Gasteiger partial charge in [0.2, 0.25) is 0 Å². The van der Waals surface area contributed by atoms with Gasteiger partial charge in [0.15, 0.2) is 11.6 Å². The third-order valence-electron chi connectivity index (χ3n) is 3.92. The summed E-state index contributed by atoms with van der Waals surface area (Å²) in [6.45, 7) is 1.84. The third kappa shape index (κ3) is 4.34. The molecule has 0 heterocycles. The third-order valence-corrected chi connectivity index (χ3v) is 5.31. The lowest BCUT2D eigenvalue weighted by atomic mass is 10.1. The molecule has 8 heteroatoms. The van der Waals surface area contributed by atoms with Crippen molar-refractivity contribution in [3.63, 3.8) is 0 Å². The zero-order valence-electron chi connectivity index (χ0n) is 14.7. The van der Waals surface area contributed by atoms with Gasteiger partial charge in [-0.15, -0.1) is 0 Å². The molecule has 0 spiro atoms. The van der Waals surface area contributed by atoms with Crippen molar-refractivity contribution >= 4 is 27.3 Å². The maximum absolute atomic E-state index is 13.3. The number of carbonyl (C=O) groups excluding carboxylic acids is 1. The highest BCUT2D eigenvalue weighted by Gasteiger charge is 2.19. The van der Waals surface area contributed by atoms with Gasteiger partial charge in [-0.2, -0.15) is 0 Å². The van der Waals surface area contributed by atoms with Crippen LogP contribution in [-0.2, 0) is 10.0 Å². The minimum absolute atomic E-state index is 0.0305. The highest BCUT2D eigenvalue weighted by Crippen LogP contribution is 2.22. The van der Waals surface area contributed by atoms with Crippen molar-refractivity contribution in [1.82, 2.24) is 0 Å². The van der Waals surface area contributed by atoms with Gasteiger partial charge in [-0.05, 0) is 43.3 Å². The maximum Gasteiger partial charge on any atom is 0.261 e. The second-order valence-corrected chi connectivity index (χ2v) is 7.73. The summed E-state index contributed by atoms with van der Waals surface area (Å²) in [6, 6.07) is 15.2. The zero-order valence-corrected chi connectivity index (χ0v) is 15.6. The van der Waals surface area contributed by atoms with Crippen LogP contribution >= 0.6 is 0 Å². The fraction of sp³-hybridized carbons (Fsp3) is 0.0500. The van der Waals surface area contributed by atoms with E-state index < -0.39 is 27.6 Å². The number of para-hydroxylation sites is 1. The molecule has 0 aliphatic rings. The van der Waals surface area contributed by atoms with E-state index in [1.807, 2.05) is 6.92 Å². The smallest absolute Gasteiger partial charge is 0.261 e. The molecule has 0 radical (unpaired) electrons. The monoisotopic (exact) mass is 402 g/mol. The molecule has 0 aliphatic carbocycles. The minimum Gasteiger partial charge on any atom is -0.322 e. The molecule has 0 saturated heterocycles. The number of sulfonamides is 1. The van der Waals surface area contributed by atoms with Crippen LogP contribution in [0.15, 0.2) is 71.6 Å². The van der Waals surface area contributed by atoms with Gasteiger partial charge in [-0.1, -0.05) is 29.8 Å². The van der Waals surface area contributed by atoms with E-state index in [4.69, 9.17) is 0 Å². The van der Waals surface area contributed by atoms with Crippen LogP contribution in [0.5, 0.6) is 0 Å². The lowest BCUT2D eigenvalue weighted by Crippen LogP contribution is -2.18. The number of amides is 1. The Balaban J connectivity index is 1.87. The largest absolute Gasteiger partial charge is 0.322 e. The normalized spacial score (nSPS) is 11.1. The van der Waals surface area contributed by atoms with Gasteiger partial charge in [0, 0.05) is 11.8 Å². The number of hydrogen-bond donors (Lipinski definition) is 2. The van der Waals surface area contributed by atoms with E-state index in [2.05, 4.69) is 10.0 Å². The molecule has 3 aromatic rings. The van der Waals surface area contributed by atoms with Gasteiger partial charge in [0.25, 0.3) is 15.9 Å². The van der Waals surface area contributed by atoms with Crippen LogP contribution < -0.4 is 10.0 Å². The van der Waals surface area contributed by atoms with Crippen LogP contribution in [0.3, 0.4) is 0 Å². The number of nitrogens with one attached hydrogen (secondary N) is 2. The topological polar surface area (TPSA) is 75.3 Å². The van der Waals surface area contributed by atoms with Gasteiger partial charge in [-0.3, -0.25) is 9.52 Å². The molecule has 0 fully saturated rings. The fourth-order valence-electron chi connectivity index (χ4n) is 2.46. The summed E-state index contributed by atoms with van der Waals surface area (Å²) >= 11 is 0. The SMILES string of the molecule is Cc1ccc(S(=O)(=O)Nc2ccccc2C(=O)Nc2ccc(F)c(F)c2)cc1. The number of benzene rings is 3. The summed E-state index contributed by atoms with van der Waals surface area (Å²) in [5.41, 5.74) is 1.04. The fourth-order valence-corrected chi connectivity index (χ4v) is 3.54. The molecule has 28 heavy (non-hydrogen) atoms. The van der Waals surface area contributed by atoms with Crippen molar-refractivity contribution in [2.75, 3.05) is 10.0 Å². The Morgan fingerprint density at radius 2 is 1.57 bits per heavy atom. The molecule has 1 amide bonds. The Morgan fingerprint density at radius 3 is 2.25 bits per heavy atom. The first-order valence-electron chi connectivity index (χ1n) is 8.21. The Morgan fingerprint density at radius 1 is 0.893 bits per heavy atom. The van der Waals surface area contributed by atoms with Gasteiger partial charge >= 0.3 is 0 Å². The van der Waals surface area contributed by atoms with Gasteiger partial charge in [0.05, 0.1) is 16.1 Å². The van der Waals surface area contributed by atoms with E-state index in [0.29, 0.717) is 0 Å². The molecule has 0 bridgehead atoms. The molecular weight excluding hydrogens is 386 g/mol. The van der Waals surface area contributed by atoms with Crippen LogP contribution in [0.25, 0.3) is 0 Å². The summed E-state index contributed by atoms with van der Waals surface area (Å²) in [5, 5.41) is 2.42. The van der Waals surface area contributed by atoms with Gasteiger partial charge in [-0.25, -0.2) is 17.2 Å². The Hall–Kier alpha value is -3.26. The predicted octanol–water partition coefficient (Wildman–Crippen LogP) is 4.33. The molecule has 0 saturated carbocycles. The van der Waals surface area contributed by atoms with Crippen molar-refractivity contribution in [3.8, 4) is 0 Å². The zero-order chi connectivity index (χ0) is 20.3. The summed E-state index contributed by atoms with van der Waals surface area (Å²) in [4.78, 5) is 12.6. The van der Waals surface area contributed by atoms with Crippen molar-refractivity contribution < 1.29 is 22.0 Å². The van der Waals surface area contributed by atoms with E-state index in [0.717, 1.165) is 17.7 Å². The Labute approximate surface area is 161 Å². The molecular formula is C20H16F2N2O3S. The summed E-state index contributed by atoms with van der Waals surface area (Å²) in [5.74, 6) is -2.82. The number of anilines is 2. The number of hydrogen-bond acceptors (Lipinski definition) is 3. The van der Waals surface area contributed by atoms with E-state index in [-0.39, 0.29) is 21.8 Å². The van der Waals surface area contributed by atoms with E-state index in [1.165, 1.54) is 30.3 Å². The van der Waals surface area contributed by atoms with Crippen LogP contribution in [0.4, 0.5) is 20.2 Å². The first-order chi connectivity index (χ1) is 13.3. The molecule has 144 valence electrons.